The standard InChI is InChI=1S/C31H28O5/c1-2-28(35-26-19-17-25(18-20-26)24-13-7-4-8-14-24)31(33)36-29-16-10-9-15-27(29)30(32)34-22-21-23-11-5-3-6-12-23/h3-20,28H,2,21-22H2,1H3. The van der Waals surface area contributed by atoms with Crippen LogP contribution in [0.2, 0.25) is 0 Å². The lowest BCUT2D eigenvalue weighted by Crippen LogP contribution is -2.31. The van der Waals surface area contributed by atoms with Gasteiger partial charge in [-0.15, -0.1) is 0 Å². The van der Waals surface area contributed by atoms with Crippen molar-refractivity contribution < 1.29 is 23.8 Å². The molecule has 0 aliphatic rings. The van der Waals surface area contributed by atoms with Gasteiger partial charge in [0, 0.05) is 6.42 Å². The summed E-state index contributed by atoms with van der Waals surface area (Å²) < 4.78 is 16.9. The Hall–Kier alpha value is -4.38. The van der Waals surface area contributed by atoms with Crippen LogP contribution in [0.1, 0.15) is 29.3 Å². The lowest BCUT2D eigenvalue weighted by atomic mass is 10.1. The minimum Gasteiger partial charge on any atom is -0.479 e. The molecule has 0 N–H and O–H groups in total. The van der Waals surface area contributed by atoms with Crippen molar-refractivity contribution in [3.8, 4) is 22.6 Å². The molecular weight excluding hydrogens is 452 g/mol. The average Bonchev–Trinajstić information content (AvgIpc) is 2.93. The van der Waals surface area contributed by atoms with Gasteiger partial charge in [0.1, 0.15) is 17.1 Å². The highest BCUT2D eigenvalue weighted by atomic mass is 16.6. The number of para-hydroxylation sites is 1. The van der Waals surface area contributed by atoms with Gasteiger partial charge in [-0.1, -0.05) is 91.9 Å². The monoisotopic (exact) mass is 480 g/mol. The van der Waals surface area contributed by atoms with Crippen LogP contribution >= 0.6 is 0 Å². The van der Waals surface area contributed by atoms with Crippen molar-refractivity contribution in [2.45, 2.75) is 25.9 Å². The third-order valence-corrected chi connectivity index (χ3v) is 5.66. The zero-order valence-corrected chi connectivity index (χ0v) is 20.1. The number of benzene rings is 4. The number of carbonyl (C=O) groups is 2. The van der Waals surface area contributed by atoms with Gasteiger partial charge in [-0.25, -0.2) is 9.59 Å². The highest BCUT2D eigenvalue weighted by molar-refractivity contribution is 5.93. The molecule has 1 atom stereocenters. The molecule has 0 aromatic heterocycles. The molecule has 0 aliphatic carbocycles. The average molecular weight is 481 g/mol. The number of rotatable bonds is 10. The van der Waals surface area contributed by atoms with Gasteiger partial charge in [0.05, 0.1) is 6.61 Å². The Morgan fingerprint density at radius 3 is 2.03 bits per heavy atom. The van der Waals surface area contributed by atoms with Crippen molar-refractivity contribution in [2.24, 2.45) is 0 Å². The van der Waals surface area contributed by atoms with E-state index in [-0.39, 0.29) is 17.9 Å². The molecule has 0 aliphatic heterocycles. The van der Waals surface area contributed by atoms with Crippen molar-refractivity contribution >= 4 is 11.9 Å². The number of hydrogen-bond acceptors (Lipinski definition) is 5. The first-order chi connectivity index (χ1) is 17.6. The Bertz CT molecular complexity index is 1270. The van der Waals surface area contributed by atoms with Gasteiger partial charge in [-0.05, 0) is 47.4 Å². The Morgan fingerprint density at radius 1 is 0.722 bits per heavy atom. The van der Waals surface area contributed by atoms with Crippen molar-refractivity contribution in [3.63, 3.8) is 0 Å². The quantitative estimate of drug-likeness (QED) is 0.191. The third-order valence-electron chi connectivity index (χ3n) is 5.66. The van der Waals surface area contributed by atoms with E-state index in [1.54, 1.807) is 24.3 Å². The fourth-order valence-electron chi connectivity index (χ4n) is 3.70. The molecule has 0 bridgehead atoms. The SMILES string of the molecule is CCC(Oc1ccc(-c2ccccc2)cc1)C(=O)Oc1ccccc1C(=O)OCCc1ccccc1. The van der Waals surface area contributed by atoms with E-state index in [4.69, 9.17) is 14.2 Å². The summed E-state index contributed by atoms with van der Waals surface area (Å²) in [6.45, 7) is 2.07. The van der Waals surface area contributed by atoms with E-state index >= 15 is 0 Å². The Morgan fingerprint density at radius 2 is 1.33 bits per heavy atom. The summed E-state index contributed by atoms with van der Waals surface area (Å²) >= 11 is 0. The molecule has 0 fully saturated rings. The van der Waals surface area contributed by atoms with Gasteiger partial charge in [0.25, 0.3) is 0 Å². The number of esters is 2. The van der Waals surface area contributed by atoms with Crippen molar-refractivity contribution in [1.29, 1.82) is 0 Å². The second-order valence-electron chi connectivity index (χ2n) is 8.19. The Balaban J connectivity index is 1.37. The normalized spacial score (nSPS) is 11.4. The van der Waals surface area contributed by atoms with E-state index in [1.165, 1.54) is 0 Å². The van der Waals surface area contributed by atoms with Gasteiger partial charge in [-0.3, -0.25) is 0 Å². The van der Waals surface area contributed by atoms with Crippen LogP contribution in [0.4, 0.5) is 0 Å². The Kier molecular flexibility index (Phi) is 8.49. The molecule has 0 saturated carbocycles. The van der Waals surface area contributed by atoms with Crippen molar-refractivity contribution in [3.05, 3.63) is 120 Å². The number of carbonyl (C=O) groups excluding carboxylic acids is 2. The predicted molar refractivity (Wildman–Crippen MR) is 139 cm³/mol. The summed E-state index contributed by atoms with van der Waals surface area (Å²) in [5.41, 5.74) is 3.42. The summed E-state index contributed by atoms with van der Waals surface area (Å²) in [5, 5.41) is 0. The van der Waals surface area contributed by atoms with Crippen molar-refractivity contribution in [2.75, 3.05) is 6.61 Å². The van der Waals surface area contributed by atoms with Crippen LogP contribution in [-0.4, -0.2) is 24.6 Å². The largest absolute Gasteiger partial charge is 0.479 e. The van der Waals surface area contributed by atoms with Crippen LogP contribution in [0.15, 0.2) is 109 Å². The lowest BCUT2D eigenvalue weighted by molar-refractivity contribution is -0.142. The zero-order valence-electron chi connectivity index (χ0n) is 20.1. The zero-order chi connectivity index (χ0) is 25.2. The third kappa shape index (κ3) is 6.60. The molecule has 4 aromatic rings. The number of hydrogen-bond donors (Lipinski definition) is 0. The minimum atomic E-state index is -0.824. The molecule has 5 heteroatoms. The van der Waals surface area contributed by atoms with E-state index in [1.807, 2.05) is 91.9 Å². The van der Waals surface area contributed by atoms with Crippen LogP contribution in [0.5, 0.6) is 11.5 Å². The maximum atomic E-state index is 12.9. The molecule has 0 amide bonds. The molecule has 4 rings (SSSR count). The maximum Gasteiger partial charge on any atom is 0.352 e. The van der Waals surface area contributed by atoms with Crippen LogP contribution in [0, 0.1) is 0 Å². The van der Waals surface area contributed by atoms with Crippen molar-refractivity contribution in [1.82, 2.24) is 0 Å². The maximum absolute atomic E-state index is 12.9. The van der Waals surface area contributed by atoms with E-state index in [0.29, 0.717) is 18.6 Å². The first-order valence-electron chi connectivity index (χ1n) is 12.0. The number of ether oxygens (including phenoxy) is 3. The lowest BCUT2D eigenvalue weighted by Gasteiger charge is -2.17. The highest BCUT2D eigenvalue weighted by Crippen LogP contribution is 2.24. The summed E-state index contributed by atoms with van der Waals surface area (Å²) in [4.78, 5) is 25.6. The fraction of sp³-hybridized carbons (Fsp3) is 0.161. The van der Waals surface area contributed by atoms with Gasteiger partial charge >= 0.3 is 11.9 Å². The van der Waals surface area contributed by atoms with Gasteiger partial charge in [0.2, 0.25) is 0 Å². The molecule has 0 heterocycles. The van der Waals surface area contributed by atoms with Gasteiger partial charge < -0.3 is 14.2 Å². The first kappa shape index (κ1) is 24.7. The van der Waals surface area contributed by atoms with Crippen LogP contribution < -0.4 is 9.47 Å². The fourth-order valence-corrected chi connectivity index (χ4v) is 3.70. The van der Waals surface area contributed by atoms with E-state index in [0.717, 1.165) is 16.7 Å². The molecule has 0 spiro atoms. The molecular formula is C31H28O5. The van der Waals surface area contributed by atoms with Crippen LogP contribution in [0.25, 0.3) is 11.1 Å². The topological polar surface area (TPSA) is 61.8 Å². The second-order valence-corrected chi connectivity index (χ2v) is 8.19. The van der Waals surface area contributed by atoms with Crippen LogP contribution in [-0.2, 0) is 16.0 Å². The van der Waals surface area contributed by atoms with E-state index in [2.05, 4.69) is 0 Å². The summed E-state index contributed by atoms with van der Waals surface area (Å²) in [6, 6.07) is 33.9. The molecule has 1 unspecified atom stereocenters. The molecule has 36 heavy (non-hydrogen) atoms. The van der Waals surface area contributed by atoms with Gasteiger partial charge in [-0.2, -0.15) is 0 Å². The predicted octanol–water partition coefficient (Wildman–Crippen LogP) is 6.52. The minimum absolute atomic E-state index is 0.147. The summed E-state index contributed by atoms with van der Waals surface area (Å²) in [5.74, 6) is -0.408. The van der Waals surface area contributed by atoms with Crippen LogP contribution in [0.3, 0.4) is 0 Å². The molecule has 5 nitrogen and oxygen atoms in total. The first-order valence-corrected chi connectivity index (χ1v) is 12.0. The smallest absolute Gasteiger partial charge is 0.352 e. The molecule has 0 radical (unpaired) electrons. The molecule has 4 aromatic carbocycles. The highest BCUT2D eigenvalue weighted by Gasteiger charge is 2.24. The van der Waals surface area contributed by atoms with Gasteiger partial charge in [0.15, 0.2) is 6.10 Å². The summed E-state index contributed by atoms with van der Waals surface area (Å²) in [7, 11) is 0. The summed E-state index contributed by atoms with van der Waals surface area (Å²) in [6.07, 6.45) is 0.182. The second kappa shape index (κ2) is 12.4. The molecule has 182 valence electrons. The Labute approximate surface area is 211 Å². The van der Waals surface area contributed by atoms with E-state index in [9.17, 15) is 9.59 Å². The van der Waals surface area contributed by atoms with E-state index < -0.39 is 18.0 Å². The molecule has 0 saturated heterocycles.